The third-order valence-electron chi connectivity index (χ3n) is 6.02. The molecule has 2 heterocycles. The average molecular weight is 472 g/mol. The number of carbonyl (C=O) groups excluding carboxylic acids is 1. The SMILES string of the molecule is CC(C)CN1C(=O)c2[nH]nc(-c3ccccc3)c2C1c1ccc(OCc2ccccc2Cl)cc1. The Morgan fingerprint density at radius 1 is 1.00 bits per heavy atom. The maximum absolute atomic E-state index is 13.3. The molecule has 172 valence electrons. The molecule has 3 aromatic carbocycles. The Bertz CT molecular complexity index is 1300. The van der Waals surface area contributed by atoms with Crippen LogP contribution >= 0.6 is 11.6 Å². The van der Waals surface area contributed by atoms with Gasteiger partial charge in [-0.05, 0) is 29.7 Å². The lowest BCUT2D eigenvalue weighted by Crippen LogP contribution is -2.32. The van der Waals surface area contributed by atoms with Crippen molar-refractivity contribution in [1.29, 1.82) is 0 Å². The number of aromatic nitrogens is 2. The number of aromatic amines is 1. The van der Waals surface area contributed by atoms with Crippen molar-refractivity contribution in [3.05, 3.63) is 106 Å². The highest BCUT2D eigenvalue weighted by atomic mass is 35.5. The van der Waals surface area contributed by atoms with Crippen molar-refractivity contribution in [3.8, 4) is 17.0 Å². The number of carbonyl (C=O) groups is 1. The maximum Gasteiger partial charge on any atom is 0.273 e. The van der Waals surface area contributed by atoms with Crippen LogP contribution in [-0.4, -0.2) is 27.5 Å². The summed E-state index contributed by atoms with van der Waals surface area (Å²) in [6, 6.07) is 25.4. The van der Waals surface area contributed by atoms with E-state index in [1.165, 1.54) is 0 Å². The molecule has 6 heteroatoms. The van der Waals surface area contributed by atoms with Gasteiger partial charge in [-0.3, -0.25) is 9.89 Å². The van der Waals surface area contributed by atoms with E-state index in [4.69, 9.17) is 16.3 Å². The van der Waals surface area contributed by atoms with Crippen LogP contribution < -0.4 is 4.74 Å². The molecule has 1 N–H and O–H groups in total. The largest absolute Gasteiger partial charge is 0.489 e. The van der Waals surface area contributed by atoms with Crippen LogP contribution in [0.15, 0.2) is 78.9 Å². The van der Waals surface area contributed by atoms with E-state index in [0.29, 0.717) is 29.8 Å². The summed E-state index contributed by atoms with van der Waals surface area (Å²) >= 11 is 6.25. The number of nitrogens with zero attached hydrogens (tertiary/aromatic N) is 2. The van der Waals surface area contributed by atoms with Gasteiger partial charge in [-0.2, -0.15) is 5.10 Å². The van der Waals surface area contributed by atoms with Gasteiger partial charge in [0.1, 0.15) is 18.1 Å². The predicted octanol–water partition coefficient (Wildman–Crippen LogP) is 6.51. The first-order valence-corrected chi connectivity index (χ1v) is 11.8. The first-order valence-electron chi connectivity index (χ1n) is 11.4. The van der Waals surface area contributed by atoms with Gasteiger partial charge < -0.3 is 9.64 Å². The molecule has 0 aliphatic carbocycles. The van der Waals surface area contributed by atoms with E-state index in [2.05, 4.69) is 24.0 Å². The van der Waals surface area contributed by atoms with Crippen molar-refractivity contribution in [2.75, 3.05) is 6.54 Å². The van der Waals surface area contributed by atoms with Gasteiger partial charge in [0.05, 0.1) is 11.7 Å². The van der Waals surface area contributed by atoms with Crippen LogP contribution in [0.4, 0.5) is 0 Å². The Balaban J connectivity index is 1.47. The second kappa shape index (κ2) is 9.35. The minimum atomic E-state index is -0.212. The van der Waals surface area contributed by atoms with Crippen LogP contribution in [0.5, 0.6) is 5.75 Å². The fourth-order valence-corrected chi connectivity index (χ4v) is 4.65. The summed E-state index contributed by atoms with van der Waals surface area (Å²) in [7, 11) is 0. The second-order valence-electron chi connectivity index (χ2n) is 8.93. The number of rotatable bonds is 7. The summed E-state index contributed by atoms with van der Waals surface area (Å²) in [6.45, 7) is 5.30. The first kappa shape index (κ1) is 22.2. The molecule has 1 aliphatic heterocycles. The second-order valence-corrected chi connectivity index (χ2v) is 9.34. The molecule has 1 aliphatic rings. The molecule has 0 fully saturated rings. The number of hydrogen-bond donors (Lipinski definition) is 1. The highest BCUT2D eigenvalue weighted by Gasteiger charge is 2.42. The molecule has 34 heavy (non-hydrogen) atoms. The van der Waals surface area contributed by atoms with Crippen molar-refractivity contribution < 1.29 is 9.53 Å². The Morgan fingerprint density at radius 3 is 2.41 bits per heavy atom. The van der Waals surface area contributed by atoms with E-state index in [1.807, 2.05) is 83.8 Å². The van der Waals surface area contributed by atoms with Crippen LogP contribution in [0, 0.1) is 5.92 Å². The Labute approximate surface area is 204 Å². The van der Waals surface area contributed by atoms with Crippen LogP contribution in [0.1, 0.15) is 47.1 Å². The fourth-order valence-electron chi connectivity index (χ4n) is 4.46. The number of hydrogen-bond acceptors (Lipinski definition) is 3. The molecule has 0 spiro atoms. The number of amides is 1. The van der Waals surface area contributed by atoms with Gasteiger partial charge in [0.25, 0.3) is 5.91 Å². The van der Waals surface area contributed by atoms with Gasteiger partial charge in [-0.1, -0.05) is 86.1 Å². The summed E-state index contributed by atoms with van der Waals surface area (Å²) in [6.07, 6.45) is 0. The standard InChI is InChI=1S/C28H26ClN3O2/c1-18(2)16-32-27(24-25(19-8-4-3-5-9-19)30-31-26(24)28(32)33)20-12-14-22(15-13-20)34-17-21-10-6-7-11-23(21)29/h3-15,18,27H,16-17H2,1-2H3,(H,30,31). The number of ether oxygens (including phenoxy) is 1. The van der Waals surface area contributed by atoms with Gasteiger partial charge in [0, 0.05) is 28.3 Å². The zero-order valence-electron chi connectivity index (χ0n) is 19.2. The number of H-pyrrole nitrogens is 1. The molecule has 1 amide bonds. The molecule has 0 saturated carbocycles. The van der Waals surface area contributed by atoms with E-state index < -0.39 is 0 Å². The molecular formula is C28H26ClN3O2. The van der Waals surface area contributed by atoms with Crippen LogP contribution in [0.3, 0.4) is 0 Å². The molecule has 1 unspecified atom stereocenters. The molecule has 0 radical (unpaired) electrons. The van der Waals surface area contributed by atoms with Crippen LogP contribution in [0.25, 0.3) is 11.3 Å². The van der Waals surface area contributed by atoms with Gasteiger partial charge in [-0.15, -0.1) is 0 Å². The number of benzene rings is 3. The van der Waals surface area contributed by atoms with E-state index in [1.54, 1.807) is 0 Å². The van der Waals surface area contributed by atoms with Crippen molar-refractivity contribution in [2.45, 2.75) is 26.5 Å². The fraction of sp³-hybridized carbons (Fsp3) is 0.214. The highest BCUT2D eigenvalue weighted by Crippen LogP contribution is 2.43. The quantitative estimate of drug-likeness (QED) is 0.334. The van der Waals surface area contributed by atoms with Crippen LogP contribution in [-0.2, 0) is 6.61 Å². The molecule has 4 aromatic rings. The lowest BCUT2D eigenvalue weighted by Gasteiger charge is -2.28. The topological polar surface area (TPSA) is 58.2 Å². The molecule has 5 rings (SSSR count). The zero-order chi connectivity index (χ0) is 23.7. The van der Waals surface area contributed by atoms with Gasteiger partial charge >= 0.3 is 0 Å². The number of nitrogens with one attached hydrogen (secondary N) is 1. The molecule has 1 atom stereocenters. The molecule has 1 aromatic heterocycles. The summed E-state index contributed by atoms with van der Waals surface area (Å²) in [4.78, 5) is 15.3. The third-order valence-corrected chi connectivity index (χ3v) is 6.39. The molecule has 0 bridgehead atoms. The van der Waals surface area contributed by atoms with Crippen molar-refractivity contribution >= 4 is 17.5 Å². The lowest BCUT2D eigenvalue weighted by atomic mass is 9.95. The van der Waals surface area contributed by atoms with Gasteiger partial charge in [-0.25, -0.2) is 0 Å². The van der Waals surface area contributed by atoms with E-state index in [0.717, 1.165) is 33.7 Å². The molecule has 0 saturated heterocycles. The zero-order valence-corrected chi connectivity index (χ0v) is 19.9. The Kier molecular flexibility index (Phi) is 6.12. The minimum absolute atomic E-state index is 0.0116. The Hall–Kier alpha value is -3.57. The molecule has 5 nitrogen and oxygen atoms in total. The highest BCUT2D eigenvalue weighted by molar-refractivity contribution is 6.31. The number of halogens is 1. The summed E-state index contributed by atoms with van der Waals surface area (Å²) in [5.41, 5.74) is 5.28. The van der Waals surface area contributed by atoms with Crippen molar-refractivity contribution in [3.63, 3.8) is 0 Å². The van der Waals surface area contributed by atoms with E-state index >= 15 is 0 Å². The minimum Gasteiger partial charge on any atom is -0.489 e. The lowest BCUT2D eigenvalue weighted by molar-refractivity contribution is 0.0722. The van der Waals surface area contributed by atoms with Crippen molar-refractivity contribution in [1.82, 2.24) is 15.1 Å². The summed E-state index contributed by atoms with van der Waals surface area (Å²) in [5.74, 6) is 1.07. The van der Waals surface area contributed by atoms with Crippen molar-refractivity contribution in [2.24, 2.45) is 5.92 Å². The summed E-state index contributed by atoms with van der Waals surface area (Å²) < 4.78 is 5.97. The molecular weight excluding hydrogens is 446 g/mol. The third kappa shape index (κ3) is 4.19. The Morgan fingerprint density at radius 2 is 1.71 bits per heavy atom. The maximum atomic E-state index is 13.3. The first-order chi connectivity index (χ1) is 16.5. The van der Waals surface area contributed by atoms with Gasteiger partial charge in [0.15, 0.2) is 0 Å². The van der Waals surface area contributed by atoms with E-state index in [-0.39, 0.29) is 11.9 Å². The van der Waals surface area contributed by atoms with E-state index in [9.17, 15) is 4.79 Å². The summed E-state index contributed by atoms with van der Waals surface area (Å²) in [5, 5.41) is 8.23. The predicted molar refractivity (Wildman–Crippen MR) is 134 cm³/mol. The van der Waals surface area contributed by atoms with Crippen LogP contribution in [0.2, 0.25) is 5.02 Å². The average Bonchev–Trinajstić information content (AvgIpc) is 3.38. The smallest absolute Gasteiger partial charge is 0.273 e. The monoisotopic (exact) mass is 471 g/mol. The normalized spacial score (nSPS) is 15.1. The van der Waals surface area contributed by atoms with Gasteiger partial charge in [0.2, 0.25) is 0 Å². The number of fused-ring (bicyclic) bond motifs is 1.